The van der Waals surface area contributed by atoms with Crippen LogP contribution < -0.4 is 0 Å². The van der Waals surface area contributed by atoms with Crippen molar-refractivity contribution in [3.8, 4) is 0 Å². The molecule has 20 heavy (non-hydrogen) atoms. The fraction of sp³-hybridized carbons (Fsp3) is 0.778. The Bertz CT molecular complexity index is 249. The van der Waals surface area contributed by atoms with Crippen LogP contribution in [0.25, 0.3) is 0 Å². The highest BCUT2D eigenvalue weighted by Crippen LogP contribution is 1.97. The van der Waals surface area contributed by atoms with Gasteiger partial charge < -0.3 is 18.9 Å². The van der Waals surface area contributed by atoms with Gasteiger partial charge in [0.15, 0.2) is 13.2 Å². The lowest BCUT2D eigenvalue weighted by Gasteiger charge is -2.04. The Labute approximate surface area is 110 Å². The third kappa shape index (κ3) is 18.6. The van der Waals surface area contributed by atoms with Gasteiger partial charge in [-0.15, -0.1) is 0 Å². The maximum absolute atomic E-state index is 11.3. The highest BCUT2D eigenvalue weighted by Gasteiger charge is 2.11. The van der Waals surface area contributed by atoms with Crippen LogP contribution in [0.1, 0.15) is 0 Å². The summed E-state index contributed by atoms with van der Waals surface area (Å²) < 4.78 is 72.0. The molecule has 6 nitrogen and oxygen atoms in total. The molecule has 0 unspecified atom stereocenters. The molecule has 0 aromatic heterocycles. The van der Waals surface area contributed by atoms with Crippen LogP contribution in [0, 0.1) is 0 Å². The monoisotopic (exact) mass is 312 g/mol. The average molecular weight is 312 g/mol. The van der Waals surface area contributed by atoms with E-state index in [1.54, 1.807) is 0 Å². The first kappa shape index (κ1) is 20.5. The summed E-state index contributed by atoms with van der Waals surface area (Å²) in [6, 6.07) is 0. The molecule has 0 amide bonds. The van der Waals surface area contributed by atoms with Gasteiger partial charge in [0.25, 0.3) is 12.9 Å². The Hall–Kier alpha value is -1.81. The Morgan fingerprint density at radius 3 is 1.65 bits per heavy atom. The highest BCUT2D eigenvalue weighted by atomic mass is 19.3. The molecule has 0 fully saturated rings. The lowest BCUT2D eigenvalue weighted by atomic mass is 10.7. The summed E-state index contributed by atoms with van der Waals surface area (Å²) in [4.78, 5) is 20.1. The minimum Gasteiger partial charge on any atom is -0.438 e. The van der Waals surface area contributed by atoms with E-state index in [2.05, 4.69) is 18.9 Å². The summed E-state index contributed by atoms with van der Waals surface area (Å²) in [6.45, 7) is -3.20. The zero-order chi connectivity index (χ0) is 16.0. The first-order valence-electron chi connectivity index (χ1n) is 4.96. The van der Waals surface area contributed by atoms with Crippen LogP contribution in [-0.4, -0.2) is 58.8 Å². The number of carbonyl (C=O) groups excluding carboxylic acids is 2. The molecule has 0 bridgehead atoms. The van der Waals surface area contributed by atoms with Crippen LogP contribution in [-0.2, 0) is 18.9 Å². The molecule has 0 saturated heterocycles. The van der Waals surface area contributed by atoms with Gasteiger partial charge in [-0.1, -0.05) is 0 Å². The lowest BCUT2D eigenvalue weighted by molar-refractivity contribution is -0.0164. The summed E-state index contributed by atoms with van der Waals surface area (Å²) in [7, 11) is 1.17. The van der Waals surface area contributed by atoms with Gasteiger partial charge >= 0.3 is 12.3 Å². The molecule has 0 spiro atoms. The quantitative estimate of drug-likeness (QED) is 0.554. The SMILES string of the molecule is COC(=O)OCCF.O=C(OCC(F)F)OCC(F)F. The van der Waals surface area contributed by atoms with Gasteiger partial charge in [-0.05, 0) is 0 Å². The molecule has 120 valence electrons. The van der Waals surface area contributed by atoms with Gasteiger partial charge in [0.1, 0.15) is 13.3 Å². The van der Waals surface area contributed by atoms with E-state index in [-0.39, 0.29) is 6.61 Å². The van der Waals surface area contributed by atoms with Crippen LogP contribution in [0.15, 0.2) is 0 Å². The van der Waals surface area contributed by atoms with E-state index < -0.39 is 45.0 Å². The summed E-state index contributed by atoms with van der Waals surface area (Å²) in [5.41, 5.74) is 0. The first-order chi connectivity index (χ1) is 9.33. The van der Waals surface area contributed by atoms with E-state index in [1.165, 1.54) is 7.11 Å². The molecule has 0 N–H and O–H groups in total. The van der Waals surface area contributed by atoms with Crippen molar-refractivity contribution in [2.75, 3.05) is 33.6 Å². The molecule has 0 aromatic rings. The molecule has 0 atom stereocenters. The Morgan fingerprint density at radius 1 is 0.900 bits per heavy atom. The van der Waals surface area contributed by atoms with E-state index in [1.807, 2.05) is 0 Å². The molecule has 0 radical (unpaired) electrons. The molecule has 0 heterocycles. The fourth-order valence-corrected chi connectivity index (χ4v) is 0.485. The van der Waals surface area contributed by atoms with Gasteiger partial charge in [-0.25, -0.2) is 31.5 Å². The third-order valence-corrected chi connectivity index (χ3v) is 1.12. The number of hydrogen-bond donors (Lipinski definition) is 0. The summed E-state index contributed by atoms with van der Waals surface area (Å²) in [6.07, 6.45) is -8.02. The molecule has 0 aliphatic carbocycles. The summed E-state index contributed by atoms with van der Waals surface area (Å²) >= 11 is 0. The second-order valence-corrected chi connectivity index (χ2v) is 2.65. The maximum atomic E-state index is 11.3. The molecule has 0 aromatic carbocycles. The Morgan fingerprint density at radius 2 is 1.35 bits per heavy atom. The summed E-state index contributed by atoms with van der Waals surface area (Å²) in [5, 5.41) is 0. The molecule has 0 aliphatic rings. The number of hydrogen-bond acceptors (Lipinski definition) is 6. The minimum absolute atomic E-state index is 0.229. The lowest BCUT2D eigenvalue weighted by Crippen LogP contribution is -2.16. The predicted molar refractivity (Wildman–Crippen MR) is 53.6 cm³/mol. The van der Waals surface area contributed by atoms with Gasteiger partial charge in [0, 0.05) is 0 Å². The zero-order valence-electron chi connectivity index (χ0n) is 10.3. The van der Waals surface area contributed by atoms with Crippen LogP contribution in [0.4, 0.5) is 31.5 Å². The molecule has 0 aliphatic heterocycles. The van der Waals surface area contributed by atoms with Gasteiger partial charge in [0.05, 0.1) is 7.11 Å². The van der Waals surface area contributed by atoms with Crippen LogP contribution >= 0.6 is 0 Å². The normalized spacial score (nSPS) is 9.60. The predicted octanol–water partition coefficient (Wildman–Crippen LogP) is 2.41. The molecular formula is C9H13F5O6. The Kier molecular flexibility index (Phi) is 14.0. The van der Waals surface area contributed by atoms with E-state index in [0.717, 1.165) is 0 Å². The van der Waals surface area contributed by atoms with E-state index >= 15 is 0 Å². The Balaban J connectivity index is 0. The van der Waals surface area contributed by atoms with Crippen LogP contribution in [0.2, 0.25) is 0 Å². The molecule has 0 saturated carbocycles. The van der Waals surface area contributed by atoms with Crippen LogP contribution in [0.5, 0.6) is 0 Å². The standard InChI is InChI=1S/C5H6F4O3.C4H7FO3/c6-3(7)1-11-5(10)12-2-4(8)9;1-7-4(6)8-3-2-5/h3-4H,1-2H2;2-3H2,1H3. The van der Waals surface area contributed by atoms with E-state index in [9.17, 15) is 31.5 Å². The smallest absolute Gasteiger partial charge is 0.438 e. The van der Waals surface area contributed by atoms with Gasteiger partial charge in [0.2, 0.25) is 0 Å². The maximum Gasteiger partial charge on any atom is 0.508 e. The van der Waals surface area contributed by atoms with E-state index in [0.29, 0.717) is 0 Å². The van der Waals surface area contributed by atoms with Crippen molar-refractivity contribution in [1.29, 1.82) is 0 Å². The topological polar surface area (TPSA) is 71.1 Å². The van der Waals surface area contributed by atoms with Gasteiger partial charge in [-0.2, -0.15) is 0 Å². The summed E-state index contributed by atoms with van der Waals surface area (Å²) in [5.74, 6) is 0. The number of alkyl halides is 5. The fourth-order valence-electron chi connectivity index (χ4n) is 0.485. The number of methoxy groups -OCH3 is 1. The van der Waals surface area contributed by atoms with Crippen molar-refractivity contribution < 1.29 is 50.5 Å². The largest absolute Gasteiger partial charge is 0.508 e. The van der Waals surface area contributed by atoms with Crippen LogP contribution in [0.3, 0.4) is 0 Å². The number of halogens is 5. The second-order valence-electron chi connectivity index (χ2n) is 2.65. The van der Waals surface area contributed by atoms with Crippen molar-refractivity contribution in [3.05, 3.63) is 0 Å². The van der Waals surface area contributed by atoms with Crippen molar-refractivity contribution in [2.45, 2.75) is 12.9 Å². The molecule has 11 heteroatoms. The van der Waals surface area contributed by atoms with Crippen molar-refractivity contribution in [2.24, 2.45) is 0 Å². The first-order valence-corrected chi connectivity index (χ1v) is 4.96. The number of carbonyl (C=O) groups is 2. The van der Waals surface area contributed by atoms with E-state index in [4.69, 9.17) is 0 Å². The third-order valence-electron chi connectivity index (χ3n) is 1.12. The molecule has 0 rings (SSSR count). The van der Waals surface area contributed by atoms with Crippen molar-refractivity contribution in [1.82, 2.24) is 0 Å². The number of ether oxygens (including phenoxy) is 4. The number of rotatable bonds is 6. The average Bonchev–Trinajstić information content (AvgIpc) is 2.40. The van der Waals surface area contributed by atoms with Crippen molar-refractivity contribution in [3.63, 3.8) is 0 Å². The zero-order valence-corrected chi connectivity index (χ0v) is 10.3. The van der Waals surface area contributed by atoms with Gasteiger partial charge in [-0.3, -0.25) is 0 Å². The highest BCUT2D eigenvalue weighted by molar-refractivity contribution is 5.59. The second kappa shape index (κ2) is 13.6. The molecular weight excluding hydrogens is 299 g/mol. The van der Waals surface area contributed by atoms with Crippen molar-refractivity contribution >= 4 is 12.3 Å². The minimum atomic E-state index is -2.83.